The monoisotopic (exact) mass is 288 g/mol. The van der Waals surface area contributed by atoms with Gasteiger partial charge >= 0.3 is 0 Å². The molecule has 2 aliphatic rings. The minimum absolute atomic E-state index is 0.161. The molecule has 1 aromatic carbocycles. The molecule has 0 spiro atoms. The van der Waals surface area contributed by atoms with Gasteiger partial charge in [-0.3, -0.25) is 4.79 Å². The predicted octanol–water partition coefficient (Wildman–Crippen LogP) is 2.33. The highest BCUT2D eigenvalue weighted by Crippen LogP contribution is 2.30. The van der Waals surface area contributed by atoms with Crippen LogP contribution in [0.2, 0.25) is 0 Å². The zero-order valence-corrected chi connectivity index (χ0v) is 12.5. The fraction of sp³-hybridized carbons (Fsp3) is 0.588. The van der Waals surface area contributed by atoms with Gasteiger partial charge in [-0.05, 0) is 42.5 Å². The average molecular weight is 288 g/mol. The fourth-order valence-corrected chi connectivity index (χ4v) is 3.60. The number of carbonyl (C=O) groups excluding carboxylic acids is 1. The van der Waals surface area contributed by atoms with Gasteiger partial charge in [-0.25, -0.2) is 0 Å². The molecule has 3 rings (SSSR count). The third-order valence-corrected chi connectivity index (χ3v) is 4.91. The maximum atomic E-state index is 12.5. The summed E-state index contributed by atoms with van der Waals surface area (Å²) in [6.07, 6.45) is 6.76. The minimum atomic E-state index is -0.297. The Morgan fingerprint density at radius 3 is 2.76 bits per heavy atom. The van der Waals surface area contributed by atoms with Gasteiger partial charge in [-0.2, -0.15) is 0 Å². The zero-order valence-electron chi connectivity index (χ0n) is 12.5. The van der Waals surface area contributed by atoms with Crippen LogP contribution in [0.1, 0.15) is 49.7 Å². The smallest absolute Gasteiger partial charge is 0.224 e. The van der Waals surface area contributed by atoms with E-state index in [1.165, 1.54) is 12.0 Å². The predicted molar refractivity (Wildman–Crippen MR) is 81.8 cm³/mol. The highest BCUT2D eigenvalue weighted by Gasteiger charge is 2.32. The van der Waals surface area contributed by atoms with E-state index in [4.69, 9.17) is 5.73 Å². The SMILES string of the molecule is NC1(CC(=O)N2CCc3ccc(O)cc3C2)CCCCC1. The highest BCUT2D eigenvalue weighted by atomic mass is 16.3. The number of phenolic OH excluding ortho intramolecular Hbond substituents is 1. The van der Waals surface area contributed by atoms with Crippen LogP contribution >= 0.6 is 0 Å². The van der Waals surface area contributed by atoms with E-state index in [-0.39, 0.29) is 17.2 Å². The molecule has 1 aliphatic heterocycles. The molecule has 4 nitrogen and oxygen atoms in total. The Hall–Kier alpha value is -1.55. The molecule has 1 amide bonds. The van der Waals surface area contributed by atoms with E-state index in [1.54, 1.807) is 12.1 Å². The van der Waals surface area contributed by atoms with E-state index < -0.39 is 0 Å². The molecular weight excluding hydrogens is 264 g/mol. The Kier molecular flexibility index (Phi) is 3.89. The first-order chi connectivity index (χ1) is 10.1. The summed E-state index contributed by atoms with van der Waals surface area (Å²) in [5.41, 5.74) is 8.39. The largest absolute Gasteiger partial charge is 0.508 e. The molecule has 0 radical (unpaired) electrons. The minimum Gasteiger partial charge on any atom is -0.508 e. The molecule has 0 atom stereocenters. The average Bonchev–Trinajstić information content (AvgIpc) is 2.46. The lowest BCUT2D eigenvalue weighted by Gasteiger charge is -2.36. The number of amides is 1. The Balaban J connectivity index is 1.66. The number of phenols is 1. The van der Waals surface area contributed by atoms with Crippen LogP contribution in [0.4, 0.5) is 0 Å². The standard InChI is InChI=1S/C17H24N2O2/c18-17(7-2-1-3-8-17)11-16(21)19-9-6-13-4-5-15(20)10-14(13)12-19/h4-5,10,20H,1-3,6-9,11-12,18H2. The van der Waals surface area contributed by atoms with Gasteiger partial charge in [0.1, 0.15) is 5.75 Å². The Labute approximate surface area is 125 Å². The van der Waals surface area contributed by atoms with E-state index in [1.807, 2.05) is 11.0 Å². The van der Waals surface area contributed by atoms with Gasteiger partial charge in [0.2, 0.25) is 5.91 Å². The molecule has 4 heteroatoms. The molecule has 0 bridgehead atoms. The number of benzene rings is 1. The van der Waals surface area contributed by atoms with Crippen LogP contribution in [0.15, 0.2) is 18.2 Å². The van der Waals surface area contributed by atoms with Crippen LogP contribution in [-0.2, 0) is 17.8 Å². The molecule has 114 valence electrons. The first-order valence-corrected chi connectivity index (χ1v) is 7.93. The first-order valence-electron chi connectivity index (χ1n) is 7.93. The topological polar surface area (TPSA) is 66.6 Å². The van der Waals surface area contributed by atoms with E-state index in [0.29, 0.717) is 13.0 Å². The Morgan fingerprint density at radius 1 is 1.24 bits per heavy atom. The molecule has 0 aromatic heterocycles. The summed E-state index contributed by atoms with van der Waals surface area (Å²) in [5, 5.41) is 9.59. The Bertz CT molecular complexity index is 536. The maximum Gasteiger partial charge on any atom is 0.224 e. The van der Waals surface area contributed by atoms with Crippen LogP contribution in [0, 0.1) is 0 Å². The molecule has 1 saturated carbocycles. The second kappa shape index (κ2) is 5.68. The molecular formula is C17H24N2O2. The lowest BCUT2D eigenvalue weighted by atomic mass is 9.80. The normalized spacial score (nSPS) is 20.9. The summed E-state index contributed by atoms with van der Waals surface area (Å²) in [6, 6.07) is 5.44. The van der Waals surface area contributed by atoms with Crippen molar-refractivity contribution in [2.75, 3.05) is 6.54 Å². The summed E-state index contributed by atoms with van der Waals surface area (Å²) < 4.78 is 0. The molecule has 0 unspecified atom stereocenters. The molecule has 1 fully saturated rings. The summed E-state index contributed by atoms with van der Waals surface area (Å²) in [5.74, 6) is 0.430. The molecule has 0 saturated heterocycles. The second-order valence-corrected chi connectivity index (χ2v) is 6.62. The number of fused-ring (bicyclic) bond motifs is 1. The molecule has 3 N–H and O–H groups in total. The van der Waals surface area contributed by atoms with Gasteiger partial charge in [-0.15, -0.1) is 0 Å². The summed E-state index contributed by atoms with van der Waals surface area (Å²) >= 11 is 0. The van der Waals surface area contributed by atoms with Crippen molar-refractivity contribution in [3.63, 3.8) is 0 Å². The number of carbonyl (C=O) groups is 1. The third-order valence-electron chi connectivity index (χ3n) is 4.91. The van der Waals surface area contributed by atoms with E-state index in [2.05, 4.69) is 0 Å². The van der Waals surface area contributed by atoms with Crippen molar-refractivity contribution < 1.29 is 9.90 Å². The van der Waals surface area contributed by atoms with Crippen LogP contribution < -0.4 is 5.73 Å². The molecule has 1 aromatic rings. The van der Waals surface area contributed by atoms with Gasteiger partial charge < -0.3 is 15.7 Å². The van der Waals surface area contributed by atoms with E-state index >= 15 is 0 Å². The summed E-state index contributed by atoms with van der Waals surface area (Å²) in [6.45, 7) is 1.35. The number of hydrogen-bond donors (Lipinski definition) is 2. The lowest BCUT2D eigenvalue weighted by Crippen LogP contribution is -2.47. The van der Waals surface area contributed by atoms with Gasteiger partial charge in [-0.1, -0.05) is 25.3 Å². The van der Waals surface area contributed by atoms with Crippen molar-refractivity contribution in [2.45, 2.75) is 57.0 Å². The number of nitrogens with two attached hydrogens (primary N) is 1. The molecule has 1 heterocycles. The molecule has 21 heavy (non-hydrogen) atoms. The second-order valence-electron chi connectivity index (χ2n) is 6.62. The van der Waals surface area contributed by atoms with Crippen LogP contribution in [0.3, 0.4) is 0 Å². The third kappa shape index (κ3) is 3.21. The first kappa shape index (κ1) is 14.4. The Morgan fingerprint density at radius 2 is 2.00 bits per heavy atom. The molecule has 1 aliphatic carbocycles. The van der Waals surface area contributed by atoms with Crippen molar-refractivity contribution in [1.29, 1.82) is 0 Å². The zero-order chi connectivity index (χ0) is 14.9. The van der Waals surface area contributed by atoms with Crippen molar-refractivity contribution in [3.8, 4) is 5.75 Å². The van der Waals surface area contributed by atoms with Gasteiger partial charge in [0, 0.05) is 25.0 Å². The maximum absolute atomic E-state index is 12.5. The lowest BCUT2D eigenvalue weighted by molar-refractivity contribution is -0.133. The van der Waals surface area contributed by atoms with Crippen molar-refractivity contribution in [2.24, 2.45) is 5.73 Å². The summed E-state index contributed by atoms with van der Waals surface area (Å²) in [4.78, 5) is 14.4. The van der Waals surface area contributed by atoms with Gasteiger partial charge in [0.05, 0.1) is 0 Å². The van der Waals surface area contributed by atoms with Crippen LogP contribution in [0.25, 0.3) is 0 Å². The fourth-order valence-electron chi connectivity index (χ4n) is 3.60. The number of rotatable bonds is 2. The quantitative estimate of drug-likeness (QED) is 0.877. The highest BCUT2D eigenvalue weighted by molar-refractivity contribution is 5.77. The summed E-state index contributed by atoms with van der Waals surface area (Å²) in [7, 11) is 0. The van der Waals surface area contributed by atoms with Crippen molar-refractivity contribution >= 4 is 5.91 Å². The van der Waals surface area contributed by atoms with Crippen LogP contribution in [0.5, 0.6) is 5.75 Å². The van der Waals surface area contributed by atoms with Gasteiger partial charge in [0.25, 0.3) is 0 Å². The van der Waals surface area contributed by atoms with Gasteiger partial charge in [0.15, 0.2) is 0 Å². The van der Waals surface area contributed by atoms with E-state index in [9.17, 15) is 9.90 Å². The van der Waals surface area contributed by atoms with Crippen molar-refractivity contribution in [1.82, 2.24) is 4.90 Å². The van der Waals surface area contributed by atoms with Crippen LogP contribution in [-0.4, -0.2) is 28.0 Å². The van der Waals surface area contributed by atoms with Crippen molar-refractivity contribution in [3.05, 3.63) is 29.3 Å². The van der Waals surface area contributed by atoms with E-state index in [0.717, 1.165) is 44.2 Å². The number of nitrogens with zero attached hydrogens (tertiary/aromatic N) is 1. The number of aromatic hydroxyl groups is 1. The number of hydrogen-bond acceptors (Lipinski definition) is 3.